The lowest BCUT2D eigenvalue weighted by Crippen LogP contribution is -2.48. The Morgan fingerprint density at radius 3 is 2.45 bits per heavy atom. The molecular formula is C14H24N2O4. The van der Waals surface area contributed by atoms with E-state index in [4.69, 9.17) is 5.11 Å². The molecule has 0 bridgehead atoms. The molecule has 0 radical (unpaired) electrons. The largest absolute Gasteiger partial charge is 0.481 e. The standard InChI is InChI=1S/C14H24N2O4/c1-4-16(3)13(18)9(2)15-12(17)10-6-5-7-11(8-10)14(19)20/h9-11H,4-8H2,1-3H3,(H,15,17)(H,19,20). The Morgan fingerprint density at radius 2 is 1.90 bits per heavy atom. The third kappa shape index (κ3) is 4.21. The van der Waals surface area contributed by atoms with Crippen LogP contribution in [0.2, 0.25) is 0 Å². The minimum Gasteiger partial charge on any atom is -0.481 e. The van der Waals surface area contributed by atoms with Gasteiger partial charge >= 0.3 is 5.97 Å². The highest BCUT2D eigenvalue weighted by Crippen LogP contribution is 2.29. The van der Waals surface area contributed by atoms with Crippen LogP contribution < -0.4 is 5.32 Å². The van der Waals surface area contributed by atoms with E-state index in [-0.39, 0.29) is 17.7 Å². The van der Waals surface area contributed by atoms with Gasteiger partial charge in [0.1, 0.15) is 6.04 Å². The number of hydrogen-bond acceptors (Lipinski definition) is 3. The lowest BCUT2D eigenvalue weighted by Gasteiger charge is -2.27. The molecule has 0 aliphatic heterocycles. The molecule has 2 amide bonds. The highest BCUT2D eigenvalue weighted by Gasteiger charge is 2.32. The first-order valence-electron chi connectivity index (χ1n) is 7.15. The van der Waals surface area contributed by atoms with Crippen molar-refractivity contribution in [3.63, 3.8) is 0 Å². The van der Waals surface area contributed by atoms with Gasteiger partial charge in [0.15, 0.2) is 0 Å². The number of nitrogens with zero attached hydrogens (tertiary/aromatic N) is 1. The second-order valence-electron chi connectivity index (χ2n) is 5.48. The van der Waals surface area contributed by atoms with Crippen molar-refractivity contribution >= 4 is 17.8 Å². The number of nitrogens with one attached hydrogen (secondary N) is 1. The quantitative estimate of drug-likeness (QED) is 0.784. The summed E-state index contributed by atoms with van der Waals surface area (Å²) in [5.74, 6) is -1.92. The van der Waals surface area contributed by atoms with Gasteiger partial charge in [-0.3, -0.25) is 14.4 Å². The minimum absolute atomic E-state index is 0.133. The van der Waals surface area contributed by atoms with E-state index in [0.717, 1.165) is 6.42 Å². The maximum atomic E-state index is 12.1. The summed E-state index contributed by atoms with van der Waals surface area (Å²) in [7, 11) is 1.69. The minimum atomic E-state index is -0.836. The number of carboxylic acid groups (broad SMARTS) is 1. The molecule has 3 atom stereocenters. The van der Waals surface area contributed by atoms with Gasteiger partial charge in [-0.15, -0.1) is 0 Å². The number of carbonyl (C=O) groups is 3. The fourth-order valence-electron chi connectivity index (χ4n) is 2.53. The van der Waals surface area contributed by atoms with Crippen LogP contribution in [-0.2, 0) is 14.4 Å². The van der Waals surface area contributed by atoms with E-state index < -0.39 is 17.9 Å². The first-order valence-corrected chi connectivity index (χ1v) is 7.15. The molecule has 3 unspecified atom stereocenters. The zero-order valence-electron chi connectivity index (χ0n) is 12.4. The molecule has 114 valence electrons. The van der Waals surface area contributed by atoms with Crippen molar-refractivity contribution in [2.75, 3.05) is 13.6 Å². The Morgan fingerprint density at radius 1 is 1.30 bits per heavy atom. The Hall–Kier alpha value is -1.59. The summed E-state index contributed by atoms with van der Waals surface area (Å²) < 4.78 is 0. The van der Waals surface area contributed by atoms with Crippen LogP contribution in [0.3, 0.4) is 0 Å². The molecule has 1 saturated carbocycles. The van der Waals surface area contributed by atoms with Crippen LogP contribution in [0.4, 0.5) is 0 Å². The monoisotopic (exact) mass is 284 g/mol. The molecule has 0 aromatic heterocycles. The van der Waals surface area contributed by atoms with Crippen molar-refractivity contribution in [2.45, 2.75) is 45.6 Å². The number of likely N-dealkylation sites (N-methyl/N-ethyl adjacent to an activating group) is 1. The predicted molar refractivity (Wildman–Crippen MR) is 74.0 cm³/mol. The highest BCUT2D eigenvalue weighted by atomic mass is 16.4. The van der Waals surface area contributed by atoms with Crippen molar-refractivity contribution in [3.8, 4) is 0 Å². The first-order chi connectivity index (χ1) is 9.36. The second-order valence-corrected chi connectivity index (χ2v) is 5.48. The van der Waals surface area contributed by atoms with Crippen LogP contribution >= 0.6 is 0 Å². The van der Waals surface area contributed by atoms with E-state index in [1.807, 2.05) is 6.92 Å². The summed E-state index contributed by atoms with van der Waals surface area (Å²) in [6, 6.07) is -0.572. The van der Waals surface area contributed by atoms with Gasteiger partial charge in [0.05, 0.1) is 5.92 Å². The molecule has 20 heavy (non-hydrogen) atoms. The molecule has 6 heteroatoms. The molecular weight excluding hydrogens is 260 g/mol. The Balaban J connectivity index is 2.53. The summed E-state index contributed by atoms with van der Waals surface area (Å²) in [6.45, 7) is 4.11. The van der Waals surface area contributed by atoms with Crippen LogP contribution in [0.5, 0.6) is 0 Å². The summed E-state index contributed by atoms with van der Waals surface area (Å²) in [4.78, 5) is 36.5. The van der Waals surface area contributed by atoms with E-state index in [0.29, 0.717) is 25.8 Å². The van der Waals surface area contributed by atoms with E-state index in [9.17, 15) is 14.4 Å². The van der Waals surface area contributed by atoms with Gasteiger partial charge in [-0.05, 0) is 33.1 Å². The first kappa shape index (κ1) is 16.5. The fraction of sp³-hybridized carbons (Fsp3) is 0.786. The molecule has 1 rings (SSSR count). The summed E-state index contributed by atoms with van der Waals surface area (Å²) >= 11 is 0. The Kier molecular flexibility index (Phi) is 5.98. The molecule has 0 aromatic carbocycles. The molecule has 6 nitrogen and oxygen atoms in total. The van der Waals surface area contributed by atoms with Gasteiger partial charge in [0.25, 0.3) is 0 Å². The maximum Gasteiger partial charge on any atom is 0.306 e. The number of rotatable bonds is 5. The van der Waals surface area contributed by atoms with Crippen LogP contribution in [-0.4, -0.2) is 47.4 Å². The Labute approximate surface area is 119 Å². The van der Waals surface area contributed by atoms with E-state index in [1.54, 1.807) is 18.9 Å². The average molecular weight is 284 g/mol. The highest BCUT2D eigenvalue weighted by molar-refractivity contribution is 5.88. The molecule has 1 aliphatic carbocycles. The van der Waals surface area contributed by atoms with Gasteiger partial charge in [0, 0.05) is 19.5 Å². The van der Waals surface area contributed by atoms with Crippen molar-refractivity contribution in [1.82, 2.24) is 10.2 Å². The van der Waals surface area contributed by atoms with E-state index >= 15 is 0 Å². The Bertz CT molecular complexity index is 383. The van der Waals surface area contributed by atoms with E-state index in [2.05, 4.69) is 5.32 Å². The third-order valence-electron chi connectivity index (χ3n) is 3.97. The van der Waals surface area contributed by atoms with E-state index in [1.165, 1.54) is 0 Å². The zero-order valence-corrected chi connectivity index (χ0v) is 12.4. The molecule has 0 heterocycles. The van der Waals surface area contributed by atoms with Crippen molar-refractivity contribution in [2.24, 2.45) is 11.8 Å². The lowest BCUT2D eigenvalue weighted by atomic mass is 9.81. The van der Waals surface area contributed by atoms with Gasteiger partial charge in [-0.25, -0.2) is 0 Å². The SMILES string of the molecule is CCN(C)C(=O)C(C)NC(=O)C1CCCC(C(=O)O)C1. The number of carboxylic acids is 1. The van der Waals surface area contributed by atoms with Crippen LogP contribution in [0.1, 0.15) is 39.5 Å². The van der Waals surface area contributed by atoms with Crippen molar-refractivity contribution in [1.29, 1.82) is 0 Å². The average Bonchev–Trinajstić information content (AvgIpc) is 2.45. The molecule has 0 saturated heterocycles. The van der Waals surface area contributed by atoms with Gasteiger partial charge in [0.2, 0.25) is 11.8 Å². The van der Waals surface area contributed by atoms with Crippen molar-refractivity contribution < 1.29 is 19.5 Å². The summed E-state index contributed by atoms with van der Waals surface area (Å²) in [5.41, 5.74) is 0. The van der Waals surface area contributed by atoms with Crippen LogP contribution in [0.15, 0.2) is 0 Å². The second kappa shape index (κ2) is 7.26. The molecule has 0 aromatic rings. The molecule has 1 fully saturated rings. The van der Waals surface area contributed by atoms with Gasteiger partial charge in [-0.2, -0.15) is 0 Å². The topological polar surface area (TPSA) is 86.7 Å². The van der Waals surface area contributed by atoms with Crippen LogP contribution in [0.25, 0.3) is 0 Å². The van der Waals surface area contributed by atoms with Gasteiger partial charge in [-0.1, -0.05) is 6.42 Å². The lowest BCUT2D eigenvalue weighted by molar-refractivity contribution is -0.144. The van der Waals surface area contributed by atoms with Gasteiger partial charge < -0.3 is 15.3 Å². The summed E-state index contributed by atoms with van der Waals surface area (Å²) in [6.07, 6.45) is 2.43. The normalized spacial score (nSPS) is 23.8. The third-order valence-corrected chi connectivity index (χ3v) is 3.97. The smallest absolute Gasteiger partial charge is 0.306 e. The zero-order chi connectivity index (χ0) is 15.3. The number of carbonyl (C=O) groups excluding carboxylic acids is 2. The number of aliphatic carboxylic acids is 1. The number of amides is 2. The van der Waals surface area contributed by atoms with Crippen molar-refractivity contribution in [3.05, 3.63) is 0 Å². The van der Waals surface area contributed by atoms with Crippen LogP contribution in [0, 0.1) is 11.8 Å². The molecule has 1 aliphatic rings. The maximum absolute atomic E-state index is 12.1. The molecule has 2 N–H and O–H groups in total. The fourth-order valence-corrected chi connectivity index (χ4v) is 2.53. The number of hydrogen-bond donors (Lipinski definition) is 2. The molecule has 0 spiro atoms. The predicted octanol–water partition coefficient (Wildman–Crippen LogP) is 0.860. The summed E-state index contributed by atoms with van der Waals surface area (Å²) in [5, 5.41) is 11.7.